The number of hydrogen-bond donors (Lipinski definition) is 2. The van der Waals surface area contributed by atoms with Crippen LogP contribution in [0.1, 0.15) is 39.5 Å². The van der Waals surface area contributed by atoms with Crippen LogP contribution in [0.2, 0.25) is 5.02 Å². The van der Waals surface area contributed by atoms with Crippen LogP contribution in [-0.4, -0.2) is 42.5 Å². The number of rotatable bonds is 7. The Balaban J connectivity index is 1.92. The topological polar surface area (TPSA) is 84.7 Å². The number of hydrogen-bond acceptors (Lipinski definition) is 4. The van der Waals surface area contributed by atoms with Gasteiger partial charge in [-0.15, -0.1) is 0 Å². The molecule has 1 saturated carbocycles. The maximum absolute atomic E-state index is 12.4. The molecule has 144 valence electrons. The Bertz CT molecular complexity index is 634. The molecule has 2 atom stereocenters. The fourth-order valence-corrected chi connectivity index (χ4v) is 3.45. The molecule has 1 aliphatic rings. The Hall–Kier alpha value is -1.79. The maximum Gasteiger partial charge on any atom is 0.260 e. The number of nitrogens with zero attached hydrogens (tertiary/aromatic N) is 1. The van der Waals surface area contributed by atoms with E-state index in [2.05, 4.69) is 5.32 Å². The summed E-state index contributed by atoms with van der Waals surface area (Å²) in [6, 6.07) is 5.13. The summed E-state index contributed by atoms with van der Waals surface area (Å²) in [6.07, 6.45) is 3.54. The predicted molar refractivity (Wildman–Crippen MR) is 103 cm³/mol. The largest absolute Gasteiger partial charge is 0.482 e. The number of benzene rings is 1. The molecule has 0 aromatic heterocycles. The van der Waals surface area contributed by atoms with E-state index in [-0.39, 0.29) is 30.4 Å². The number of carbonyl (C=O) groups is 2. The van der Waals surface area contributed by atoms with Gasteiger partial charge in [0.15, 0.2) is 6.61 Å². The highest BCUT2D eigenvalue weighted by molar-refractivity contribution is 6.32. The highest BCUT2D eigenvalue weighted by atomic mass is 35.5. The Labute approximate surface area is 160 Å². The van der Waals surface area contributed by atoms with Crippen molar-refractivity contribution >= 4 is 29.1 Å². The van der Waals surface area contributed by atoms with Gasteiger partial charge in [0.2, 0.25) is 5.91 Å². The molecule has 2 amide bonds. The van der Waals surface area contributed by atoms with Crippen LogP contribution in [0.3, 0.4) is 0 Å². The Kier molecular flexibility index (Phi) is 7.72. The standard InChI is InChI=1S/C19H28ClN3O3/c1-3-23(4-2)18(24)12-26-17-9-8-15(11-16(17)20)22-19(25)13-6-5-7-14(21)10-13/h8-9,11,13-14H,3-7,10,12,21H2,1-2H3,(H,22,25). The molecule has 0 saturated heterocycles. The number of likely N-dealkylation sites (N-methyl/N-ethyl adjacent to an activating group) is 1. The van der Waals surface area contributed by atoms with Gasteiger partial charge < -0.3 is 20.7 Å². The van der Waals surface area contributed by atoms with Gasteiger partial charge in [0.1, 0.15) is 5.75 Å². The van der Waals surface area contributed by atoms with E-state index in [0.717, 1.165) is 19.3 Å². The van der Waals surface area contributed by atoms with Gasteiger partial charge in [-0.1, -0.05) is 18.0 Å². The third kappa shape index (κ3) is 5.61. The van der Waals surface area contributed by atoms with Crippen molar-refractivity contribution in [3.63, 3.8) is 0 Å². The lowest BCUT2D eigenvalue weighted by Gasteiger charge is -2.25. The van der Waals surface area contributed by atoms with Gasteiger partial charge in [0, 0.05) is 30.7 Å². The third-order valence-electron chi connectivity index (χ3n) is 4.75. The minimum atomic E-state index is -0.0860. The summed E-state index contributed by atoms with van der Waals surface area (Å²) in [5, 5.41) is 3.25. The average molecular weight is 382 g/mol. The Morgan fingerprint density at radius 2 is 2.04 bits per heavy atom. The summed E-state index contributed by atoms with van der Waals surface area (Å²) < 4.78 is 5.52. The van der Waals surface area contributed by atoms with Crippen LogP contribution in [0.5, 0.6) is 5.75 Å². The molecule has 2 rings (SSSR count). The number of ether oxygens (including phenoxy) is 1. The van der Waals surface area contributed by atoms with Crippen LogP contribution in [0, 0.1) is 5.92 Å². The second-order valence-electron chi connectivity index (χ2n) is 6.61. The summed E-state index contributed by atoms with van der Waals surface area (Å²) in [6.45, 7) is 5.06. The van der Waals surface area contributed by atoms with Gasteiger partial charge in [-0.2, -0.15) is 0 Å². The lowest BCUT2D eigenvalue weighted by Crippen LogP contribution is -2.34. The molecule has 1 fully saturated rings. The molecule has 3 N–H and O–H groups in total. The van der Waals surface area contributed by atoms with E-state index in [4.69, 9.17) is 22.1 Å². The molecule has 1 aromatic rings. The fourth-order valence-electron chi connectivity index (χ4n) is 3.21. The highest BCUT2D eigenvalue weighted by Crippen LogP contribution is 2.29. The third-order valence-corrected chi connectivity index (χ3v) is 5.05. The van der Waals surface area contributed by atoms with Crippen molar-refractivity contribution in [1.82, 2.24) is 4.90 Å². The van der Waals surface area contributed by atoms with Crippen molar-refractivity contribution in [2.24, 2.45) is 11.7 Å². The van der Waals surface area contributed by atoms with Gasteiger partial charge in [-0.3, -0.25) is 9.59 Å². The smallest absolute Gasteiger partial charge is 0.260 e. The number of carbonyl (C=O) groups excluding carboxylic acids is 2. The monoisotopic (exact) mass is 381 g/mol. The summed E-state index contributed by atoms with van der Waals surface area (Å²) >= 11 is 6.23. The van der Waals surface area contributed by atoms with E-state index in [9.17, 15) is 9.59 Å². The molecule has 1 aliphatic carbocycles. The SMILES string of the molecule is CCN(CC)C(=O)COc1ccc(NC(=O)C2CCCC(N)C2)cc1Cl. The Morgan fingerprint density at radius 1 is 1.31 bits per heavy atom. The van der Waals surface area contributed by atoms with Gasteiger partial charge in [0.25, 0.3) is 5.91 Å². The molecule has 0 radical (unpaired) electrons. The molecular weight excluding hydrogens is 354 g/mol. The highest BCUT2D eigenvalue weighted by Gasteiger charge is 2.25. The van der Waals surface area contributed by atoms with Crippen LogP contribution < -0.4 is 15.8 Å². The molecule has 7 heteroatoms. The van der Waals surface area contributed by atoms with Crippen LogP contribution in [-0.2, 0) is 9.59 Å². The first-order valence-electron chi connectivity index (χ1n) is 9.21. The average Bonchev–Trinajstić information content (AvgIpc) is 2.62. The van der Waals surface area contributed by atoms with Crippen molar-refractivity contribution in [2.75, 3.05) is 25.0 Å². The molecule has 1 aromatic carbocycles. The lowest BCUT2D eigenvalue weighted by molar-refractivity contribution is -0.133. The number of nitrogens with two attached hydrogens (primary N) is 1. The Morgan fingerprint density at radius 3 is 2.65 bits per heavy atom. The maximum atomic E-state index is 12.4. The molecule has 26 heavy (non-hydrogen) atoms. The summed E-state index contributed by atoms with van der Waals surface area (Å²) in [7, 11) is 0. The van der Waals surface area contributed by atoms with Crippen LogP contribution in [0.25, 0.3) is 0 Å². The molecule has 0 bridgehead atoms. The molecule has 0 spiro atoms. The first kappa shape index (κ1) is 20.5. The summed E-state index contributed by atoms with van der Waals surface area (Å²) in [5.41, 5.74) is 6.56. The number of halogens is 1. The zero-order valence-electron chi connectivity index (χ0n) is 15.5. The van der Waals surface area contributed by atoms with E-state index in [1.165, 1.54) is 0 Å². The van der Waals surface area contributed by atoms with Crippen LogP contribution in [0.15, 0.2) is 18.2 Å². The number of amides is 2. The zero-order valence-corrected chi connectivity index (χ0v) is 16.2. The van der Waals surface area contributed by atoms with Gasteiger partial charge >= 0.3 is 0 Å². The van der Waals surface area contributed by atoms with E-state index in [1.807, 2.05) is 13.8 Å². The summed E-state index contributed by atoms with van der Waals surface area (Å²) in [5.74, 6) is 0.253. The zero-order chi connectivity index (χ0) is 19.1. The van der Waals surface area contributed by atoms with Gasteiger partial charge in [-0.25, -0.2) is 0 Å². The number of nitrogens with one attached hydrogen (secondary N) is 1. The van der Waals surface area contributed by atoms with E-state index >= 15 is 0 Å². The van der Waals surface area contributed by atoms with Crippen molar-refractivity contribution in [1.29, 1.82) is 0 Å². The summed E-state index contributed by atoms with van der Waals surface area (Å²) in [4.78, 5) is 26.1. The van der Waals surface area contributed by atoms with E-state index in [0.29, 0.717) is 36.0 Å². The van der Waals surface area contributed by atoms with E-state index < -0.39 is 0 Å². The minimum absolute atomic E-state index is 0.0263. The second kappa shape index (κ2) is 9.78. The lowest BCUT2D eigenvalue weighted by atomic mass is 9.85. The van der Waals surface area contributed by atoms with Crippen molar-refractivity contribution in [3.05, 3.63) is 23.2 Å². The van der Waals surface area contributed by atoms with Crippen LogP contribution in [0.4, 0.5) is 5.69 Å². The first-order valence-corrected chi connectivity index (χ1v) is 9.58. The van der Waals surface area contributed by atoms with Crippen LogP contribution >= 0.6 is 11.6 Å². The molecule has 0 aliphatic heterocycles. The first-order chi connectivity index (χ1) is 12.4. The number of anilines is 1. The van der Waals surface area contributed by atoms with Crippen molar-refractivity contribution in [3.8, 4) is 5.75 Å². The molecule has 6 nitrogen and oxygen atoms in total. The fraction of sp³-hybridized carbons (Fsp3) is 0.579. The quantitative estimate of drug-likeness (QED) is 0.760. The van der Waals surface area contributed by atoms with E-state index in [1.54, 1.807) is 23.1 Å². The normalized spacial score (nSPS) is 19.7. The minimum Gasteiger partial charge on any atom is -0.482 e. The molecule has 0 heterocycles. The second-order valence-corrected chi connectivity index (χ2v) is 7.02. The van der Waals surface area contributed by atoms with Crippen molar-refractivity contribution < 1.29 is 14.3 Å². The predicted octanol–water partition coefficient (Wildman–Crippen LogP) is 3.04. The molecule has 2 unspecified atom stereocenters. The van der Waals surface area contributed by atoms with Gasteiger partial charge in [-0.05, 0) is 51.3 Å². The van der Waals surface area contributed by atoms with Crippen molar-refractivity contribution in [2.45, 2.75) is 45.6 Å². The van der Waals surface area contributed by atoms with Gasteiger partial charge in [0.05, 0.1) is 5.02 Å². The molecular formula is C19H28ClN3O3.